The Bertz CT molecular complexity index is 339. The number of likely N-dealkylation sites (N-methyl/N-ethyl adjacent to an activating group) is 1. The maximum atomic E-state index is 9.61. The van der Waals surface area contributed by atoms with Crippen molar-refractivity contribution in [1.29, 1.82) is 0 Å². The van der Waals surface area contributed by atoms with E-state index in [9.17, 15) is 10.2 Å². The highest BCUT2D eigenvalue weighted by Gasteiger charge is 2.12. The van der Waals surface area contributed by atoms with E-state index >= 15 is 0 Å². The average Bonchev–Trinajstić information content (AvgIpc) is 2.18. The molecule has 1 aromatic carbocycles. The molecule has 78 valence electrons. The predicted molar refractivity (Wildman–Crippen MR) is 57.1 cm³/mol. The lowest BCUT2D eigenvalue weighted by Crippen LogP contribution is -2.10. The van der Waals surface area contributed by atoms with Crippen LogP contribution in [0.2, 0.25) is 5.02 Å². The highest BCUT2D eigenvalue weighted by Crippen LogP contribution is 2.38. The Morgan fingerprint density at radius 2 is 2.00 bits per heavy atom. The zero-order chi connectivity index (χ0) is 10.7. The highest BCUT2D eigenvalue weighted by atomic mass is 35.5. The first-order chi connectivity index (χ1) is 6.57. The molecule has 0 aromatic heterocycles. The van der Waals surface area contributed by atoms with E-state index in [4.69, 9.17) is 11.6 Å². The van der Waals surface area contributed by atoms with Crippen LogP contribution in [0.4, 0.5) is 0 Å². The number of hydrogen-bond acceptors (Lipinski definition) is 3. The largest absolute Gasteiger partial charge is 0.506 e. The Hall–Kier alpha value is -0.930. The van der Waals surface area contributed by atoms with Crippen LogP contribution in [0.15, 0.2) is 6.07 Å². The van der Waals surface area contributed by atoms with Crippen LogP contribution in [-0.2, 0) is 6.42 Å². The number of rotatable bonds is 3. The molecule has 0 unspecified atom stereocenters. The van der Waals surface area contributed by atoms with Crippen molar-refractivity contribution < 1.29 is 10.2 Å². The van der Waals surface area contributed by atoms with E-state index in [0.29, 0.717) is 12.0 Å². The van der Waals surface area contributed by atoms with Gasteiger partial charge in [0.05, 0.1) is 0 Å². The van der Waals surface area contributed by atoms with Crippen LogP contribution in [0.25, 0.3) is 0 Å². The second-order valence-electron chi connectivity index (χ2n) is 3.22. The zero-order valence-corrected chi connectivity index (χ0v) is 9.02. The quantitative estimate of drug-likeness (QED) is 0.721. The van der Waals surface area contributed by atoms with E-state index in [1.54, 1.807) is 13.0 Å². The molecule has 0 aliphatic heterocycles. The summed E-state index contributed by atoms with van der Waals surface area (Å²) in [6, 6.07) is 1.74. The average molecular weight is 216 g/mol. The summed E-state index contributed by atoms with van der Waals surface area (Å²) in [5.41, 5.74) is 1.43. The molecule has 0 aliphatic rings. The first kappa shape index (κ1) is 11.1. The number of aryl methyl sites for hydroxylation is 1. The molecule has 1 aromatic rings. The number of hydrogen-bond donors (Lipinski definition) is 3. The van der Waals surface area contributed by atoms with Crippen molar-refractivity contribution in [2.24, 2.45) is 0 Å². The Morgan fingerprint density at radius 3 is 2.57 bits per heavy atom. The Kier molecular flexibility index (Phi) is 3.61. The number of phenols is 2. The first-order valence-corrected chi connectivity index (χ1v) is 4.80. The summed E-state index contributed by atoms with van der Waals surface area (Å²) in [6.07, 6.45) is 0.684. The van der Waals surface area contributed by atoms with Crippen molar-refractivity contribution in [3.8, 4) is 11.5 Å². The fourth-order valence-electron chi connectivity index (χ4n) is 1.27. The minimum Gasteiger partial charge on any atom is -0.506 e. The molecule has 0 fully saturated rings. The van der Waals surface area contributed by atoms with Gasteiger partial charge in [0.1, 0.15) is 16.5 Å². The van der Waals surface area contributed by atoms with Gasteiger partial charge in [-0.05, 0) is 44.1 Å². The maximum Gasteiger partial charge on any atom is 0.141 e. The van der Waals surface area contributed by atoms with Crippen LogP contribution in [0.1, 0.15) is 11.1 Å². The molecule has 0 saturated heterocycles. The monoisotopic (exact) mass is 215 g/mol. The normalized spacial score (nSPS) is 10.5. The number of benzene rings is 1. The van der Waals surface area contributed by atoms with Gasteiger partial charge in [-0.25, -0.2) is 0 Å². The van der Waals surface area contributed by atoms with Crippen LogP contribution >= 0.6 is 11.6 Å². The minimum atomic E-state index is -0.0441. The number of aromatic hydroxyl groups is 2. The maximum absolute atomic E-state index is 9.61. The lowest BCUT2D eigenvalue weighted by molar-refractivity contribution is 0.443. The molecule has 0 aliphatic carbocycles. The van der Waals surface area contributed by atoms with E-state index in [2.05, 4.69) is 5.32 Å². The first-order valence-electron chi connectivity index (χ1n) is 4.42. The Morgan fingerprint density at radius 1 is 1.36 bits per heavy atom. The summed E-state index contributed by atoms with van der Waals surface area (Å²) in [5, 5.41) is 22.1. The van der Waals surface area contributed by atoms with Gasteiger partial charge in [0.25, 0.3) is 0 Å². The third kappa shape index (κ3) is 2.11. The van der Waals surface area contributed by atoms with Crippen LogP contribution in [-0.4, -0.2) is 23.8 Å². The van der Waals surface area contributed by atoms with Gasteiger partial charge in [0.2, 0.25) is 0 Å². The van der Waals surface area contributed by atoms with Crippen LogP contribution in [0.3, 0.4) is 0 Å². The van der Waals surface area contributed by atoms with Crippen molar-refractivity contribution >= 4 is 11.6 Å². The summed E-state index contributed by atoms with van der Waals surface area (Å²) in [5.74, 6) is -0.0672. The van der Waals surface area contributed by atoms with Gasteiger partial charge >= 0.3 is 0 Å². The summed E-state index contributed by atoms with van der Waals surface area (Å²) < 4.78 is 0. The van der Waals surface area contributed by atoms with Gasteiger partial charge in [0, 0.05) is 0 Å². The van der Waals surface area contributed by atoms with Crippen molar-refractivity contribution in [2.75, 3.05) is 13.6 Å². The Balaban J connectivity index is 3.06. The summed E-state index contributed by atoms with van der Waals surface area (Å²) in [6.45, 7) is 2.51. The molecule has 0 heterocycles. The molecule has 0 spiro atoms. The predicted octanol–water partition coefficient (Wildman–Crippen LogP) is 1.82. The molecular formula is C10H14ClNO2. The van der Waals surface area contributed by atoms with Crippen molar-refractivity contribution in [2.45, 2.75) is 13.3 Å². The van der Waals surface area contributed by atoms with Gasteiger partial charge in [-0.2, -0.15) is 0 Å². The molecule has 1 rings (SSSR count). The molecule has 0 amide bonds. The zero-order valence-electron chi connectivity index (χ0n) is 8.26. The van der Waals surface area contributed by atoms with Crippen LogP contribution in [0, 0.1) is 6.92 Å². The molecular weight excluding hydrogens is 202 g/mol. The topological polar surface area (TPSA) is 52.5 Å². The summed E-state index contributed by atoms with van der Waals surface area (Å²) in [7, 11) is 1.84. The van der Waals surface area contributed by atoms with Crippen molar-refractivity contribution in [3.05, 3.63) is 22.2 Å². The highest BCUT2D eigenvalue weighted by molar-refractivity contribution is 6.33. The van der Waals surface area contributed by atoms with Crippen LogP contribution in [0.5, 0.6) is 11.5 Å². The van der Waals surface area contributed by atoms with Crippen molar-refractivity contribution in [3.63, 3.8) is 0 Å². The third-order valence-electron chi connectivity index (χ3n) is 2.13. The lowest BCUT2D eigenvalue weighted by atomic mass is 10.1. The summed E-state index contributed by atoms with van der Waals surface area (Å²) in [4.78, 5) is 0. The van der Waals surface area contributed by atoms with Gasteiger partial charge in [-0.1, -0.05) is 11.6 Å². The molecule has 0 atom stereocenters. The van der Waals surface area contributed by atoms with Gasteiger partial charge in [-0.3, -0.25) is 0 Å². The molecule has 4 heteroatoms. The smallest absolute Gasteiger partial charge is 0.141 e. The van der Waals surface area contributed by atoms with Crippen LogP contribution < -0.4 is 5.32 Å². The third-order valence-corrected chi connectivity index (χ3v) is 2.49. The number of nitrogens with one attached hydrogen (secondary N) is 1. The molecule has 3 nitrogen and oxygen atoms in total. The minimum absolute atomic E-state index is 0.0231. The molecule has 3 N–H and O–H groups in total. The van der Waals surface area contributed by atoms with Gasteiger partial charge < -0.3 is 15.5 Å². The van der Waals surface area contributed by atoms with E-state index < -0.39 is 0 Å². The van der Waals surface area contributed by atoms with E-state index in [1.165, 1.54) is 0 Å². The Labute approximate surface area is 88.3 Å². The van der Waals surface area contributed by atoms with E-state index in [1.807, 2.05) is 7.05 Å². The number of halogens is 1. The molecule has 0 bridgehead atoms. The fourth-order valence-corrected chi connectivity index (χ4v) is 1.54. The SMILES string of the molecule is CNCCc1cc(C)c(O)c(Cl)c1O. The van der Waals surface area contributed by atoms with Crippen molar-refractivity contribution in [1.82, 2.24) is 5.32 Å². The van der Waals surface area contributed by atoms with Gasteiger partial charge in [-0.15, -0.1) is 0 Å². The van der Waals surface area contributed by atoms with E-state index in [0.717, 1.165) is 12.1 Å². The summed E-state index contributed by atoms with van der Waals surface area (Å²) >= 11 is 5.75. The standard InChI is InChI=1S/C10H14ClNO2/c1-6-5-7(3-4-12-2)10(14)8(11)9(6)13/h5,12-14H,3-4H2,1-2H3. The molecule has 0 radical (unpaired) electrons. The van der Waals surface area contributed by atoms with Gasteiger partial charge in [0.15, 0.2) is 0 Å². The second-order valence-corrected chi connectivity index (χ2v) is 3.60. The second kappa shape index (κ2) is 4.53. The molecule has 0 saturated carbocycles. The van der Waals surface area contributed by atoms with E-state index in [-0.39, 0.29) is 16.5 Å². The fraction of sp³-hybridized carbons (Fsp3) is 0.400. The molecule has 14 heavy (non-hydrogen) atoms. The lowest BCUT2D eigenvalue weighted by Gasteiger charge is -2.09. The number of phenolic OH excluding ortho intramolecular Hbond substituents is 2.